The summed E-state index contributed by atoms with van der Waals surface area (Å²) in [6.45, 7) is 0. The van der Waals surface area contributed by atoms with Gasteiger partial charge in [-0.25, -0.2) is 4.39 Å². The van der Waals surface area contributed by atoms with Gasteiger partial charge in [0.15, 0.2) is 11.0 Å². The van der Waals surface area contributed by atoms with E-state index in [1.807, 2.05) is 53.1 Å². The normalized spacial score (nSPS) is 10.8. The molecule has 4 aromatic rings. The summed E-state index contributed by atoms with van der Waals surface area (Å²) in [6.07, 6.45) is 1.72. The molecule has 0 saturated heterocycles. The van der Waals surface area contributed by atoms with E-state index in [2.05, 4.69) is 15.2 Å². The second-order valence-electron chi connectivity index (χ2n) is 5.93. The van der Waals surface area contributed by atoms with Crippen LogP contribution in [0.3, 0.4) is 0 Å². The van der Waals surface area contributed by atoms with Gasteiger partial charge in [0.2, 0.25) is 0 Å². The monoisotopic (exact) mass is 392 g/mol. The molecule has 0 bridgehead atoms. The number of aromatic nitrogens is 4. The standard InChI is InChI=1S/C21H17FN4OS/c1-27-17-11-9-16(10-12-17)26-20(19-8-4-5-13-23-19)24-25-21(26)28-14-15-6-2-3-7-18(15)22/h2-13H,14H2,1H3. The third-order valence-electron chi connectivity index (χ3n) is 4.17. The number of ether oxygens (including phenoxy) is 1. The van der Waals surface area contributed by atoms with Crippen LogP contribution in [0.15, 0.2) is 78.1 Å². The molecule has 0 N–H and O–H groups in total. The zero-order chi connectivity index (χ0) is 19.3. The quantitative estimate of drug-likeness (QED) is 0.443. The Kier molecular flexibility index (Phi) is 5.34. The zero-order valence-electron chi connectivity index (χ0n) is 15.1. The molecule has 0 unspecified atom stereocenters. The molecular formula is C21H17FN4OS. The van der Waals surface area contributed by atoms with E-state index in [0.717, 1.165) is 11.4 Å². The van der Waals surface area contributed by atoms with Gasteiger partial charge in [-0.1, -0.05) is 36.0 Å². The molecule has 140 valence electrons. The molecule has 0 spiro atoms. The Morgan fingerprint density at radius 2 is 1.75 bits per heavy atom. The van der Waals surface area contributed by atoms with E-state index in [1.165, 1.54) is 17.8 Å². The number of benzene rings is 2. The van der Waals surface area contributed by atoms with Gasteiger partial charge in [0.05, 0.1) is 12.8 Å². The molecule has 0 radical (unpaired) electrons. The first-order valence-corrected chi connectivity index (χ1v) is 9.62. The summed E-state index contributed by atoms with van der Waals surface area (Å²) < 4.78 is 21.2. The minimum Gasteiger partial charge on any atom is -0.497 e. The molecule has 0 aliphatic heterocycles. The van der Waals surface area contributed by atoms with Crippen molar-refractivity contribution >= 4 is 11.8 Å². The third-order valence-corrected chi connectivity index (χ3v) is 5.15. The molecule has 5 nitrogen and oxygen atoms in total. The second kappa shape index (κ2) is 8.22. The Bertz CT molecular complexity index is 1070. The van der Waals surface area contributed by atoms with Crippen LogP contribution in [0.25, 0.3) is 17.2 Å². The van der Waals surface area contributed by atoms with Gasteiger partial charge in [-0.2, -0.15) is 0 Å². The maximum Gasteiger partial charge on any atom is 0.196 e. The largest absolute Gasteiger partial charge is 0.497 e. The third kappa shape index (κ3) is 3.75. The van der Waals surface area contributed by atoms with Gasteiger partial charge in [0, 0.05) is 11.9 Å². The number of pyridine rings is 1. The van der Waals surface area contributed by atoms with Crippen LogP contribution in [0, 0.1) is 5.82 Å². The minimum absolute atomic E-state index is 0.226. The van der Waals surface area contributed by atoms with Crippen LogP contribution in [0.2, 0.25) is 0 Å². The molecule has 7 heteroatoms. The van der Waals surface area contributed by atoms with Gasteiger partial charge in [-0.15, -0.1) is 10.2 Å². The Labute approximate surface area is 166 Å². The lowest BCUT2D eigenvalue weighted by atomic mass is 10.2. The first-order chi connectivity index (χ1) is 13.8. The van der Waals surface area contributed by atoms with Crippen LogP contribution in [-0.4, -0.2) is 26.9 Å². The predicted molar refractivity (Wildman–Crippen MR) is 107 cm³/mol. The average Bonchev–Trinajstić information content (AvgIpc) is 3.18. The van der Waals surface area contributed by atoms with Gasteiger partial charge in [-0.05, 0) is 48.0 Å². The van der Waals surface area contributed by atoms with Crippen LogP contribution >= 0.6 is 11.8 Å². The van der Waals surface area contributed by atoms with Crippen molar-refractivity contribution in [3.63, 3.8) is 0 Å². The number of halogens is 1. The van der Waals surface area contributed by atoms with Crippen molar-refractivity contribution in [2.45, 2.75) is 10.9 Å². The van der Waals surface area contributed by atoms with Crippen LogP contribution < -0.4 is 4.74 Å². The van der Waals surface area contributed by atoms with Gasteiger partial charge in [-0.3, -0.25) is 9.55 Å². The fraction of sp³-hybridized carbons (Fsp3) is 0.0952. The fourth-order valence-electron chi connectivity index (χ4n) is 2.75. The van der Waals surface area contributed by atoms with Crippen LogP contribution in [0.5, 0.6) is 5.75 Å². The minimum atomic E-state index is -0.226. The van der Waals surface area contributed by atoms with Crippen molar-refractivity contribution in [1.29, 1.82) is 0 Å². The van der Waals surface area contributed by atoms with Gasteiger partial charge in [0.1, 0.15) is 17.3 Å². The first kappa shape index (κ1) is 18.2. The van der Waals surface area contributed by atoms with Crippen LogP contribution in [-0.2, 0) is 5.75 Å². The summed E-state index contributed by atoms with van der Waals surface area (Å²) in [5.41, 5.74) is 2.21. The highest BCUT2D eigenvalue weighted by atomic mass is 32.2. The van der Waals surface area contributed by atoms with E-state index in [-0.39, 0.29) is 5.82 Å². The maximum absolute atomic E-state index is 14.0. The van der Waals surface area contributed by atoms with Crippen LogP contribution in [0.4, 0.5) is 4.39 Å². The highest BCUT2D eigenvalue weighted by Crippen LogP contribution is 2.30. The molecule has 0 atom stereocenters. The molecule has 0 aliphatic rings. The van der Waals surface area contributed by atoms with E-state index >= 15 is 0 Å². The molecule has 2 aromatic carbocycles. The van der Waals surface area contributed by atoms with Gasteiger partial charge < -0.3 is 4.74 Å². The van der Waals surface area contributed by atoms with Crippen LogP contribution in [0.1, 0.15) is 5.56 Å². The number of methoxy groups -OCH3 is 1. The Morgan fingerprint density at radius 1 is 0.964 bits per heavy atom. The molecular weight excluding hydrogens is 375 g/mol. The molecule has 0 saturated carbocycles. The molecule has 28 heavy (non-hydrogen) atoms. The lowest BCUT2D eigenvalue weighted by molar-refractivity contribution is 0.414. The highest BCUT2D eigenvalue weighted by Gasteiger charge is 2.17. The van der Waals surface area contributed by atoms with E-state index < -0.39 is 0 Å². The lowest BCUT2D eigenvalue weighted by Crippen LogP contribution is -2.01. The fourth-order valence-corrected chi connectivity index (χ4v) is 3.68. The average molecular weight is 392 g/mol. The number of thioether (sulfide) groups is 1. The SMILES string of the molecule is COc1ccc(-n2c(SCc3ccccc3F)nnc2-c2ccccn2)cc1. The Hall–Kier alpha value is -3.19. The summed E-state index contributed by atoms with van der Waals surface area (Å²) in [7, 11) is 1.63. The number of rotatable bonds is 6. The van der Waals surface area contributed by atoms with E-state index in [0.29, 0.717) is 28.0 Å². The lowest BCUT2D eigenvalue weighted by Gasteiger charge is -2.11. The summed E-state index contributed by atoms with van der Waals surface area (Å²) in [5.74, 6) is 1.61. The van der Waals surface area contributed by atoms with E-state index in [4.69, 9.17) is 4.74 Å². The zero-order valence-corrected chi connectivity index (χ0v) is 15.9. The number of hydrogen-bond donors (Lipinski definition) is 0. The molecule has 4 rings (SSSR count). The molecule has 0 amide bonds. The molecule has 0 aliphatic carbocycles. The van der Waals surface area contributed by atoms with Crippen molar-refractivity contribution in [2.75, 3.05) is 7.11 Å². The topological polar surface area (TPSA) is 52.8 Å². The highest BCUT2D eigenvalue weighted by molar-refractivity contribution is 7.98. The molecule has 2 heterocycles. The Balaban J connectivity index is 1.73. The first-order valence-electron chi connectivity index (χ1n) is 8.63. The second-order valence-corrected chi connectivity index (χ2v) is 6.88. The Morgan fingerprint density at radius 3 is 2.46 bits per heavy atom. The summed E-state index contributed by atoms with van der Waals surface area (Å²) in [6, 6.07) is 20.0. The van der Waals surface area contributed by atoms with E-state index in [1.54, 1.807) is 25.4 Å². The van der Waals surface area contributed by atoms with Crippen molar-refractivity contribution < 1.29 is 9.13 Å². The van der Waals surface area contributed by atoms with Crippen molar-refractivity contribution in [3.8, 4) is 23.0 Å². The predicted octanol–water partition coefficient (Wildman–Crippen LogP) is 4.77. The van der Waals surface area contributed by atoms with Gasteiger partial charge >= 0.3 is 0 Å². The molecule has 0 fully saturated rings. The van der Waals surface area contributed by atoms with Crippen molar-refractivity contribution in [3.05, 3.63) is 84.3 Å². The number of nitrogens with zero attached hydrogens (tertiary/aromatic N) is 4. The van der Waals surface area contributed by atoms with E-state index in [9.17, 15) is 4.39 Å². The smallest absolute Gasteiger partial charge is 0.196 e. The van der Waals surface area contributed by atoms with Crippen molar-refractivity contribution in [1.82, 2.24) is 19.7 Å². The molecule has 2 aromatic heterocycles. The van der Waals surface area contributed by atoms with Crippen molar-refractivity contribution in [2.24, 2.45) is 0 Å². The summed E-state index contributed by atoms with van der Waals surface area (Å²) in [5, 5.41) is 9.34. The summed E-state index contributed by atoms with van der Waals surface area (Å²) >= 11 is 1.42. The number of hydrogen-bond acceptors (Lipinski definition) is 5. The maximum atomic E-state index is 14.0. The van der Waals surface area contributed by atoms with Gasteiger partial charge in [0.25, 0.3) is 0 Å². The summed E-state index contributed by atoms with van der Waals surface area (Å²) in [4.78, 5) is 4.40.